The van der Waals surface area contributed by atoms with Crippen LogP contribution in [0.25, 0.3) is 0 Å². The van der Waals surface area contributed by atoms with Crippen LogP contribution in [0.3, 0.4) is 0 Å². The van der Waals surface area contributed by atoms with Crippen LogP contribution >= 0.6 is 11.8 Å². The minimum atomic E-state index is -0.540. The van der Waals surface area contributed by atoms with Gasteiger partial charge in [-0.05, 0) is 37.1 Å². The van der Waals surface area contributed by atoms with Crippen LogP contribution in [-0.4, -0.2) is 51.2 Å². The second-order valence-corrected chi connectivity index (χ2v) is 7.69. The third-order valence-electron chi connectivity index (χ3n) is 4.57. The number of ether oxygens (including phenoxy) is 4. The predicted octanol–water partition coefficient (Wildman–Crippen LogP) is 3.77. The van der Waals surface area contributed by atoms with E-state index in [0.717, 1.165) is 30.1 Å². The van der Waals surface area contributed by atoms with Crippen molar-refractivity contribution in [3.63, 3.8) is 0 Å². The Labute approximate surface area is 180 Å². The van der Waals surface area contributed by atoms with Gasteiger partial charge in [0.25, 0.3) is 5.91 Å². The topological polar surface area (TPSA) is 83.1 Å². The molecule has 1 fully saturated rings. The van der Waals surface area contributed by atoms with Crippen molar-refractivity contribution in [2.45, 2.75) is 23.8 Å². The highest BCUT2D eigenvalue weighted by Gasteiger charge is 2.19. The van der Waals surface area contributed by atoms with Crippen LogP contribution in [-0.2, 0) is 14.3 Å². The Balaban J connectivity index is 1.56. The van der Waals surface area contributed by atoms with Crippen LogP contribution in [0, 0.1) is 0 Å². The zero-order chi connectivity index (χ0) is 21.3. The zero-order valence-electron chi connectivity index (χ0n) is 17.0. The molecule has 0 aliphatic carbocycles. The summed E-state index contributed by atoms with van der Waals surface area (Å²) in [5.74, 6) is 0.832. The number of rotatable bonds is 9. The molecule has 0 aromatic heterocycles. The van der Waals surface area contributed by atoms with E-state index in [9.17, 15) is 9.59 Å². The van der Waals surface area contributed by atoms with E-state index in [1.54, 1.807) is 49.2 Å². The zero-order valence-corrected chi connectivity index (χ0v) is 17.8. The second-order valence-electron chi connectivity index (χ2n) is 6.63. The number of carbonyl (C=O) groups is 2. The van der Waals surface area contributed by atoms with E-state index in [2.05, 4.69) is 5.32 Å². The number of anilines is 1. The number of nitrogens with one attached hydrogen (secondary N) is 1. The lowest BCUT2D eigenvalue weighted by Gasteiger charge is -2.13. The summed E-state index contributed by atoms with van der Waals surface area (Å²) in [4.78, 5) is 25.6. The lowest BCUT2D eigenvalue weighted by Crippen LogP contribution is -2.21. The van der Waals surface area contributed by atoms with Crippen LogP contribution in [0.5, 0.6) is 11.5 Å². The molecule has 2 aromatic carbocycles. The molecule has 7 nitrogen and oxygen atoms in total. The third kappa shape index (κ3) is 5.90. The first-order valence-electron chi connectivity index (χ1n) is 9.63. The molecule has 30 heavy (non-hydrogen) atoms. The molecule has 1 N–H and O–H groups in total. The van der Waals surface area contributed by atoms with Crippen molar-refractivity contribution in [2.24, 2.45) is 0 Å². The normalized spacial score (nSPS) is 15.5. The van der Waals surface area contributed by atoms with E-state index < -0.39 is 18.5 Å². The first-order chi connectivity index (χ1) is 14.6. The molecule has 0 radical (unpaired) electrons. The largest absolute Gasteiger partial charge is 0.497 e. The maximum absolute atomic E-state index is 12.5. The molecule has 0 saturated carbocycles. The van der Waals surface area contributed by atoms with E-state index in [1.807, 2.05) is 12.1 Å². The van der Waals surface area contributed by atoms with Gasteiger partial charge in [0.2, 0.25) is 0 Å². The Morgan fingerprint density at radius 1 is 1.17 bits per heavy atom. The highest BCUT2D eigenvalue weighted by atomic mass is 32.2. The fourth-order valence-corrected chi connectivity index (χ4v) is 4.13. The standard InChI is InChI=1S/C22H25NO6S/c1-26-15-9-10-18(19(12-15)27-2)23-21(24)13-29-22(25)17-7-3-4-8-20(17)30-14-16-6-5-11-28-16/h3-4,7-10,12,16H,5-6,11,13-14H2,1-2H3,(H,23,24). The SMILES string of the molecule is COc1ccc(NC(=O)COC(=O)c2ccccc2SCC2CCCO2)c(OC)c1. The molecular formula is C22H25NO6S. The number of thioether (sulfide) groups is 1. The van der Waals surface area contributed by atoms with Crippen LogP contribution in [0.2, 0.25) is 0 Å². The molecule has 3 rings (SSSR count). The van der Waals surface area contributed by atoms with Crippen LogP contribution in [0.4, 0.5) is 5.69 Å². The van der Waals surface area contributed by atoms with E-state index in [4.69, 9.17) is 18.9 Å². The number of amides is 1. The summed E-state index contributed by atoms with van der Waals surface area (Å²) < 4.78 is 21.3. The molecule has 1 heterocycles. The first kappa shape index (κ1) is 22.0. The highest BCUT2D eigenvalue weighted by molar-refractivity contribution is 7.99. The van der Waals surface area contributed by atoms with Crippen molar-refractivity contribution in [3.8, 4) is 11.5 Å². The van der Waals surface area contributed by atoms with E-state index in [0.29, 0.717) is 22.7 Å². The fourth-order valence-electron chi connectivity index (χ4n) is 3.02. The summed E-state index contributed by atoms with van der Waals surface area (Å²) in [6.07, 6.45) is 2.32. The van der Waals surface area contributed by atoms with Crippen LogP contribution in [0.1, 0.15) is 23.2 Å². The lowest BCUT2D eigenvalue weighted by molar-refractivity contribution is -0.119. The Morgan fingerprint density at radius 2 is 2.00 bits per heavy atom. The number of carbonyl (C=O) groups excluding carboxylic acids is 2. The molecule has 160 valence electrons. The van der Waals surface area contributed by atoms with Gasteiger partial charge in [0.05, 0.1) is 31.6 Å². The van der Waals surface area contributed by atoms with Gasteiger partial charge in [-0.1, -0.05) is 12.1 Å². The van der Waals surface area contributed by atoms with Gasteiger partial charge in [0.1, 0.15) is 11.5 Å². The lowest BCUT2D eigenvalue weighted by atomic mass is 10.2. The summed E-state index contributed by atoms with van der Waals surface area (Å²) in [5, 5.41) is 2.68. The van der Waals surface area contributed by atoms with Crippen LogP contribution < -0.4 is 14.8 Å². The molecule has 0 bridgehead atoms. The predicted molar refractivity (Wildman–Crippen MR) is 115 cm³/mol. The Morgan fingerprint density at radius 3 is 2.73 bits per heavy atom. The number of hydrogen-bond donors (Lipinski definition) is 1. The average Bonchev–Trinajstić information content (AvgIpc) is 3.30. The average molecular weight is 432 g/mol. The summed E-state index contributed by atoms with van der Waals surface area (Å²) >= 11 is 1.56. The Bertz CT molecular complexity index is 882. The number of hydrogen-bond acceptors (Lipinski definition) is 7. The molecule has 0 spiro atoms. The summed E-state index contributed by atoms with van der Waals surface area (Å²) in [7, 11) is 3.04. The van der Waals surface area contributed by atoms with Crippen molar-refractivity contribution >= 4 is 29.3 Å². The van der Waals surface area contributed by atoms with Crippen molar-refractivity contribution in [1.82, 2.24) is 0 Å². The molecule has 8 heteroatoms. The first-order valence-corrected chi connectivity index (χ1v) is 10.6. The maximum Gasteiger partial charge on any atom is 0.339 e. The van der Waals surface area contributed by atoms with Crippen molar-refractivity contribution in [1.29, 1.82) is 0 Å². The maximum atomic E-state index is 12.5. The van der Waals surface area contributed by atoms with Crippen molar-refractivity contribution in [2.75, 3.05) is 38.5 Å². The summed E-state index contributed by atoms with van der Waals surface area (Å²) in [6.45, 7) is 0.391. The highest BCUT2D eigenvalue weighted by Crippen LogP contribution is 2.29. The molecule has 1 aliphatic heterocycles. The minimum Gasteiger partial charge on any atom is -0.497 e. The quantitative estimate of drug-likeness (QED) is 0.478. The molecule has 1 unspecified atom stereocenters. The van der Waals surface area contributed by atoms with Crippen molar-refractivity contribution in [3.05, 3.63) is 48.0 Å². The van der Waals surface area contributed by atoms with Crippen molar-refractivity contribution < 1.29 is 28.5 Å². The van der Waals surface area contributed by atoms with Crippen LogP contribution in [0.15, 0.2) is 47.4 Å². The van der Waals surface area contributed by atoms with Gasteiger partial charge >= 0.3 is 5.97 Å². The molecule has 1 aliphatic rings. The van der Waals surface area contributed by atoms with E-state index in [-0.39, 0.29) is 6.10 Å². The molecule has 2 aromatic rings. The Hall–Kier alpha value is -2.71. The number of benzene rings is 2. The molecule has 1 atom stereocenters. The summed E-state index contributed by atoms with van der Waals surface area (Å²) in [6, 6.07) is 12.2. The molecule has 1 amide bonds. The van der Waals surface area contributed by atoms with Gasteiger partial charge in [-0.2, -0.15) is 0 Å². The van der Waals surface area contributed by atoms with Gasteiger partial charge in [0, 0.05) is 23.3 Å². The minimum absolute atomic E-state index is 0.212. The van der Waals surface area contributed by atoms with E-state index in [1.165, 1.54) is 7.11 Å². The second kappa shape index (κ2) is 10.9. The molecular weight excluding hydrogens is 406 g/mol. The fraction of sp³-hybridized carbons (Fsp3) is 0.364. The van der Waals surface area contributed by atoms with Gasteiger partial charge in [-0.25, -0.2) is 4.79 Å². The monoisotopic (exact) mass is 431 g/mol. The van der Waals surface area contributed by atoms with Gasteiger partial charge < -0.3 is 24.3 Å². The van der Waals surface area contributed by atoms with Gasteiger partial charge in [-0.15, -0.1) is 11.8 Å². The third-order valence-corrected chi connectivity index (χ3v) is 5.78. The number of esters is 1. The van der Waals surface area contributed by atoms with Gasteiger partial charge in [0.15, 0.2) is 6.61 Å². The molecule has 1 saturated heterocycles. The van der Waals surface area contributed by atoms with E-state index >= 15 is 0 Å². The number of methoxy groups -OCH3 is 2. The Kier molecular flexibility index (Phi) is 7.98. The smallest absolute Gasteiger partial charge is 0.339 e. The van der Waals surface area contributed by atoms with Gasteiger partial charge in [-0.3, -0.25) is 4.79 Å². The summed E-state index contributed by atoms with van der Waals surface area (Å²) in [5.41, 5.74) is 0.905.